The monoisotopic (exact) mass is 981 g/mol. The highest BCUT2D eigenvalue weighted by atomic mass is 19.1. The third-order valence-electron chi connectivity index (χ3n) is 13.4. The lowest BCUT2D eigenvalue weighted by Crippen LogP contribution is -2.54. The third-order valence-corrected chi connectivity index (χ3v) is 13.4. The van der Waals surface area contributed by atoms with Gasteiger partial charge < -0.3 is 41.4 Å². The zero-order valence-electron chi connectivity index (χ0n) is 41.2. The van der Waals surface area contributed by atoms with Crippen molar-refractivity contribution in [2.75, 3.05) is 90.4 Å². The summed E-state index contributed by atoms with van der Waals surface area (Å²) in [5, 5.41) is 14.2. The van der Waals surface area contributed by atoms with E-state index in [-0.39, 0.29) is 41.5 Å². The molecule has 0 radical (unpaired) electrons. The number of primary amides is 1. The topological polar surface area (TPSA) is 214 Å². The van der Waals surface area contributed by atoms with Gasteiger partial charge in [0.05, 0.1) is 24.5 Å². The van der Waals surface area contributed by atoms with Gasteiger partial charge >= 0.3 is 0 Å². The van der Waals surface area contributed by atoms with Crippen molar-refractivity contribution < 1.29 is 28.4 Å². The second kappa shape index (κ2) is 25.7. The molecular formula is C54H65FN12O5. The molecule has 0 spiro atoms. The van der Waals surface area contributed by atoms with Crippen molar-refractivity contribution in [1.29, 1.82) is 5.41 Å². The zero-order valence-corrected chi connectivity index (χ0v) is 41.2. The molecule has 0 bridgehead atoms. The van der Waals surface area contributed by atoms with E-state index in [9.17, 15) is 28.4 Å². The molecule has 3 aliphatic heterocycles. The summed E-state index contributed by atoms with van der Waals surface area (Å²) in [6, 6.07) is 23.3. The number of nitrogens with one attached hydrogen (secondary N) is 3. The van der Waals surface area contributed by atoms with E-state index < -0.39 is 5.91 Å². The molecule has 0 atom stereocenters. The second-order valence-corrected chi connectivity index (χ2v) is 18.5. The van der Waals surface area contributed by atoms with Gasteiger partial charge in [0, 0.05) is 120 Å². The summed E-state index contributed by atoms with van der Waals surface area (Å²) in [6.07, 6.45) is 8.72. The summed E-state index contributed by atoms with van der Waals surface area (Å²) in [7, 11) is 0. The third kappa shape index (κ3) is 14.6. The summed E-state index contributed by atoms with van der Waals surface area (Å²) in [6.45, 7) is 12.9. The van der Waals surface area contributed by atoms with Crippen LogP contribution >= 0.6 is 0 Å². The van der Waals surface area contributed by atoms with Crippen LogP contribution in [0.3, 0.4) is 0 Å². The minimum absolute atomic E-state index is 0.0446. The lowest BCUT2D eigenvalue weighted by Gasteiger charge is -2.39. The number of likely N-dealkylation sites (tertiary alicyclic amines) is 1. The number of hydrogen-bond donors (Lipinski definition) is 4. The number of carbonyl (C=O) groups excluding carboxylic acids is 5. The standard InChI is InChI=1S/C38H50N10O4.C16H15FN2O/c1-2-29-4-3-5-31(20-29)32-21-34(43-35(50)24-40-23-33-6-9-39-27-42-33)37(41-22-32)38(52)48-10-7-30(8-11-48)25-44-12-14-45(15-13-44)26-36(51)47-18-16-46(28-49)17-19-47;1-10-8-11(6-7-14(10)17)9-15(18)12-4-2-3-5-13(12)16(19)20/h3-6,9,20-22,27-28,30,40H,2,7-8,10-19,23-26H2,1H3,(H,43,50);2-8,18H,9H2,1H3,(H2,19,20). The minimum Gasteiger partial charge on any atom is -0.366 e. The largest absolute Gasteiger partial charge is 0.366 e. The number of nitrogens with two attached hydrogens (primary N) is 1. The van der Waals surface area contributed by atoms with Gasteiger partial charge in [-0.15, -0.1) is 0 Å². The highest BCUT2D eigenvalue weighted by Gasteiger charge is 2.30. The summed E-state index contributed by atoms with van der Waals surface area (Å²) >= 11 is 0. The van der Waals surface area contributed by atoms with Crippen molar-refractivity contribution in [3.63, 3.8) is 0 Å². The van der Waals surface area contributed by atoms with Gasteiger partial charge in [-0.1, -0.05) is 61.5 Å². The van der Waals surface area contributed by atoms with Crippen LogP contribution < -0.4 is 16.4 Å². The van der Waals surface area contributed by atoms with E-state index in [0.717, 1.165) is 80.8 Å². The normalized spacial score (nSPS) is 15.6. The number of pyridine rings is 1. The Morgan fingerprint density at radius 2 is 1.54 bits per heavy atom. The van der Waals surface area contributed by atoms with Crippen molar-refractivity contribution >= 4 is 41.4 Å². The fraction of sp³-hybridized carbons (Fsp3) is 0.389. The first kappa shape index (κ1) is 52.5. The molecule has 3 saturated heterocycles. The number of halogens is 1. The van der Waals surface area contributed by atoms with Crippen LogP contribution in [-0.4, -0.2) is 160 Å². The first-order valence-corrected chi connectivity index (χ1v) is 24.6. The molecule has 18 heteroatoms. The summed E-state index contributed by atoms with van der Waals surface area (Å²) in [5.74, 6) is -0.651. The number of piperazine rings is 2. The van der Waals surface area contributed by atoms with Gasteiger partial charge in [-0.2, -0.15) is 0 Å². The Hall–Kier alpha value is -7.28. The molecule has 72 heavy (non-hydrogen) atoms. The lowest BCUT2D eigenvalue weighted by molar-refractivity contribution is -0.136. The SMILES string of the molecule is CCc1cccc(-c2cnc(C(=O)N3CCC(CN4CCN(CC(=O)N5CCN(C=O)CC5)CC4)CC3)c(NC(=O)CNCc3ccncn3)c2)c1.Cc1cc(CC(=N)c2ccccc2C(N)=O)ccc1F. The molecular weight excluding hydrogens is 916 g/mol. The maximum Gasteiger partial charge on any atom is 0.274 e. The lowest BCUT2D eigenvalue weighted by atomic mass is 9.95. The van der Waals surface area contributed by atoms with E-state index >= 15 is 0 Å². The van der Waals surface area contributed by atoms with Crippen LogP contribution in [0.5, 0.6) is 0 Å². The van der Waals surface area contributed by atoms with Crippen LogP contribution in [0.2, 0.25) is 0 Å². The van der Waals surface area contributed by atoms with E-state index in [0.29, 0.717) is 87.1 Å². The van der Waals surface area contributed by atoms with Gasteiger partial charge in [0.1, 0.15) is 12.1 Å². The molecule has 5 heterocycles. The second-order valence-electron chi connectivity index (χ2n) is 18.5. The van der Waals surface area contributed by atoms with Crippen LogP contribution in [0, 0.1) is 24.1 Å². The Morgan fingerprint density at radius 1 is 0.806 bits per heavy atom. The molecule has 5 N–H and O–H groups in total. The number of benzene rings is 3. The van der Waals surface area contributed by atoms with Gasteiger partial charge in [-0.25, -0.2) is 19.3 Å². The number of nitrogens with zero attached hydrogens (tertiary/aromatic N) is 8. The molecule has 0 saturated carbocycles. The molecule has 3 aliphatic rings. The van der Waals surface area contributed by atoms with E-state index in [4.69, 9.17) is 11.1 Å². The van der Waals surface area contributed by atoms with E-state index in [2.05, 4.69) is 54.4 Å². The number of anilines is 1. The quantitative estimate of drug-likeness (QED) is 0.0755. The van der Waals surface area contributed by atoms with Crippen LogP contribution in [0.4, 0.5) is 10.1 Å². The van der Waals surface area contributed by atoms with E-state index in [1.165, 1.54) is 18.0 Å². The summed E-state index contributed by atoms with van der Waals surface area (Å²) in [4.78, 5) is 85.1. The molecule has 378 valence electrons. The van der Waals surface area contributed by atoms with Crippen molar-refractivity contribution in [1.82, 2.24) is 44.8 Å². The maximum absolute atomic E-state index is 13.9. The Morgan fingerprint density at radius 3 is 2.22 bits per heavy atom. The van der Waals surface area contributed by atoms with Crippen molar-refractivity contribution in [2.24, 2.45) is 11.7 Å². The minimum atomic E-state index is -0.555. The highest BCUT2D eigenvalue weighted by molar-refractivity contribution is 6.09. The first-order chi connectivity index (χ1) is 34.9. The van der Waals surface area contributed by atoms with Gasteiger partial charge in [0.25, 0.3) is 5.91 Å². The summed E-state index contributed by atoms with van der Waals surface area (Å²) in [5.41, 5.74) is 12.2. The van der Waals surface area contributed by atoms with Gasteiger partial charge in [-0.3, -0.25) is 28.9 Å². The van der Waals surface area contributed by atoms with Crippen molar-refractivity contribution in [3.8, 4) is 11.1 Å². The van der Waals surface area contributed by atoms with Crippen LogP contribution in [-0.2, 0) is 33.8 Å². The Balaban J connectivity index is 0.000000317. The number of piperidine rings is 1. The number of rotatable bonds is 17. The van der Waals surface area contributed by atoms with Gasteiger partial charge in [0.15, 0.2) is 5.69 Å². The predicted molar refractivity (Wildman–Crippen MR) is 274 cm³/mol. The zero-order chi connectivity index (χ0) is 51.0. The predicted octanol–water partition coefficient (Wildman–Crippen LogP) is 4.44. The average molecular weight is 981 g/mol. The molecule has 17 nitrogen and oxygen atoms in total. The molecule has 2 aromatic heterocycles. The molecule has 5 aromatic rings. The van der Waals surface area contributed by atoms with Crippen LogP contribution in [0.15, 0.2) is 97.6 Å². The fourth-order valence-corrected chi connectivity index (χ4v) is 9.19. The first-order valence-electron chi connectivity index (χ1n) is 24.6. The average Bonchev–Trinajstić information content (AvgIpc) is 3.40. The van der Waals surface area contributed by atoms with Crippen LogP contribution in [0.1, 0.15) is 68.6 Å². The van der Waals surface area contributed by atoms with Crippen molar-refractivity contribution in [3.05, 3.63) is 143 Å². The van der Waals surface area contributed by atoms with Crippen LogP contribution in [0.25, 0.3) is 11.1 Å². The Kier molecular flexibility index (Phi) is 18.8. The number of hydrogen-bond acceptors (Lipinski definition) is 12. The van der Waals surface area contributed by atoms with E-state index in [1.807, 2.05) is 28.0 Å². The molecule has 0 unspecified atom stereocenters. The number of carbonyl (C=O) groups is 5. The van der Waals surface area contributed by atoms with Gasteiger partial charge in [0.2, 0.25) is 24.1 Å². The van der Waals surface area contributed by atoms with Crippen molar-refractivity contribution in [2.45, 2.75) is 46.1 Å². The number of aromatic nitrogens is 3. The highest BCUT2D eigenvalue weighted by Crippen LogP contribution is 2.28. The summed E-state index contributed by atoms with van der Waals surface area (Å²) < 4.78 is 13.2. The van der Waals surface area contributed by atoms with E-state index in [1.54, 1.807) is 66.7 Å². The molecule has 8 rings (SSSR count). The smallest absolute Gasteiger partial charge is 0.274 e. The Labute approximate surface area is 420 Å². The molecule has 5 amide bonds. The Bertz CT molecular complexity index is 2680. The number of amides is 5. The molecule has 3 fully saturated rings. The van der Waals surface area contributed by atoms with Gasteiger partial charge in [-0.05, 0) is 78.6 Å². The fourth-order valence-electron chi connectivity index (χ4n) is 9.19. The maximum atomic E-state index is 13.9. The molecule has 0 aliphatic carbocycles. The number of aryl methyl sites for hydroxylation is 2. The molecule has 3 aromatic carbocycles.